The van der Waals surface area contributed by atoms with Gasteiger partial charge in [0.25, 0.3) is 0 Å². The lowest BCUT2D eigenvalue weighted by Crippen LogP contribution is -2.01. The zero-order chi connectivity index (χ0) is 30.6. The van der Waals surface area contributed by atoms with Gasteiger partial charge in [0.15, 0.2) is 0 Å². The Kier molecular flexibility index (Phi) is 12.2. The molecule has 0 aliphatic rings. The number of nitrogens with zero attached hydrogens (tertiary/aromatic N) is 2. The average Bonchev–Trinajstić information content (AvgIpc) is 3.04. The van der Waals surface area contributed by atoms with E-state index in [4.69, 9.17) is 26.8 Å². The number of rotatable bonds is 6. The predicted octanol–water partition coefficient (Wildman–Crippen LogP) is 9.42. The highest BCUT2D eigenvalue weighted by Gasteiger charge is 2.00. The molecular weight excluding hydrogens is 692 g/mol. The fourth-order valence-electron chi connectivity index (χ4n) is 3.95. The van der Waals surface area contributed by atoms with E-state index in [9.17, 15) is 0 Å². The Labute approximate surface area is 273 Å². The van der Waals surface area contributed by atoms with Crippen molar-refractivity contribution in [3.8, 4) is 11.5 Å². The number of benzene rings is 4. The summed E-state index contributed by atoms with van der Waals surface area (Å²) in [6.45, 7) is 1.32. The molecule has 43 heavy (non-hydrogen) atoms. The summed E-state index contributed by atoms with van der Waals surface area (Å²) < 4.78 is 12.2. The van der Waals surface area contributed by atoms with E-state index in [-0.39, 0.29) is 0 Å². The van der Waals surface area contributed by atoms with Gasteiger partial charge in [0.05, 0.1) is 25.3 Å². The van der Waals surface area contributed by atoms with E-state index >= 15 is 0 Å². The minimum atomic E-state index is 0.528. The first-order valence-corrected chi connectivity index (χ1v) is 15.3. The second-order valence-electron chi connectivity index (χ2n) is 9.26. The van der Waals surface area contributed by atoms with Gasteiger partial charge in [-0.1, -0.05) is 79.9 Å². The fourth-order valence-corrected chi connectivity index (χ4v) is 4.80. The van der Waals surface area contributed by atoms with Crippen molar-refractivity contribution in [2.45, 2.75) is 13.1 Å². The summed E-state index contributed by atoms with van der Waals surface area (Å²) >= 11 is 12.6. The highest BCUT2D eigenvalue weighted by Crippen LogP contribution is 2.21. The molecular formula is C34H31Br2ClN4O2. The van der Waals surface area contributed by atoms with Crippen LogP contribution in [-0.4, -0.2) is 24.2 Å². The number of aromatic nitrogens is 2. The van der Waals surface area contributed by atoms with Gasteiger partial charge >= 0.3 is 0 Å². The molecule has 0 bridgehead atoms. The number of fused-ring (bicyclic) bond motifs is 2. The molecule has 2 heterocycles. The molecule has 6 rings (SSSR count). The first kappa shape index (κ1) is 32.2. The molecule has 0 saturated carbocycles. The van der Waals surface area contributed by atoms with Crippen LogP contribution in [0.15, 0.2) is 118 Å². The molecule has 6 nitrogen and oxygen atoms in total. The van der Waals surface area contributed by atoms with Crippen molar-refractivity contribution in [2.24, 2.45) is 5.73 Å². The van der Waals surface area contributed by atoms with Crippen molar-refractivity contribution in [3.63, 3.8) is 0 Å². The molecule has 2 aromatic heterocycles. The van der Waals surface area contributed by atoms with Gasteiger partial charge in [-0.25, -0.2) is 9.97 Å². The van der Waals surface area contributed by atoms with Crippen LogP contribution in [-0.2, 0) is 13.1 Å². The Morgan fingerprint density at radius 2 is 1.14 bits per heavy atom. The van der Waals surface area contributed by atoms with Gasteiger partial charge in [-0.3, -0.25) is 0 Å². The van der Waals surface area contributed by atoms with Crippen LogP contribution in [0.5, 0.6) is 11.5 Å². The number of nitrogens with two attached hydrogens (primary N) is 1. The van der Waals surface area contributed by atoms with Gasteiger partial charge < -0.3 is 20.5 Å². The number of hydrogen-bond donors (Lipinski definition) is 2. The average molecular weight is 723 g/mol. The minimum Gasteiger partial charge on any atom is -0.497 e. The van der Waals surface area contributed by atoms with E-state index in [2.05, 4.69) is 59.3 Å². The Morgan fingerprint density at radius 1 is 0.651 bits per heavy atom. The van der Waals surface area contributed by atoms with Crippen LogP contribution >= 0.6 is 43.5 Å². The highest BCUT2D eigenvalue weighted by atomic mass is 79.9. The lowest BCUT2D eigenvalue weighted by molar-refractivity contribution is 0.414. The molecule has 0 aliphatic heterocycles. The second-order valence-corrected chi connectivity index (χ2v) is 11.5. The third-order valence-electron chi connectivity index (χ3n) is 6.30. The van der Waals surface area contributed by atoms with Crippen molar-refractivity contribution >= 4 is 71.1 Å². The van der Waals surface area contributed by atoms with Gasteiger partial charge in [0, 0.05) is 32.8 Å². The molecule has 0 radical (unpaired) electrons. The minimum absolute atomic E-state index is 0.528. The maximum absolute atomic E-state index is 5.74. The van der Waals surface area contributed by atoms with Crippen LogP contribution < -0.4 is 20.5 Å². The molecule has 9 heteroatoms. The highest BCUT2D eigenvalue weighted by molar-refractivity contribution is 9.10. The summed E-state index contributed by atoms with van der Waals surface area (Å²) in [6.07, 6.45) is 0. The number of anilines is 1. The van der Waals surface area contributed by atoms with Crippen molar-refractivity contribution in [3.05, 3.63) is 134 Å². The molecule has 0 amide bonds. The number of hydrogen-bond acceptors (Lipinski definition) is 6. The Bertz CT molecular complexity index is 1710. The first-order chi connectivity index (χ1) is 20.9. The van der Waals surface area contributed by atoms with Crippen LogP contribution in [0.1, 0.15) is 11.1 Å². The maximum Gasteiger partial charge on any atom is 0.129 e. The second kappa shape index (κ2) is 16.2. The summed E-state index contributed by atoms with van der Waals surface area (Å²) in [5.41, 5.74) is 9.60. The zero-order valence-electron chi connectivity index (χ0n) is 23.7. The largest absolute Gasteiger partial charge is 0.497 e. The number of methoxy groups -OCH3 is 2. The Morgan fingerprint density at radius 3 is 1.67 bits per heavy atom. The summed E-state index contributed by atoms with van der Waals surface area (Å²) in [5.74, 6) is 2.61. The predicted molar refractivity (Wildman–Crippen MR) is 185 cm³/mol. The topological polar surface area (TPSA) is 82.3 Å². The third kappa shape index (κ3) is 9.93. The normalized spacial score (nSPS) is 10.3. The van der Waals surface area contributed by atoms with E-state index in [1.54, 1.807) is 20.3 Å². The number of halogens is 3. The van der Waals surface area contributed by atoms with Gasteiger partial charge in [-0.2, -0.15) is 0 Å². The van der Waals surface area contributed by atoms with E-state index in [1.807, 2.05) is 91.0 Å². The van der Waals surface area contributed by atoms with Crippen LogP contribution in [0.2, 0.25) is 5.15 Å². The molecule has 0 fully saturated rings. The first-order valence-electron chi connectivity index (χ1n) is 13.3. The van der Waals surface area contributed by atoms with Crippen molar-refractivity contribution in [1.29, 1.82) is 0 Å². The van der Waals surface area contributed by atoms with Crippen molar-refractivity contribution in [1.82, 2.24) is 9.97 Å². The van der Waals surface area contributed by atoms with Gasteiger partial charge in [-0.15, -0.1) is 0 Å². The molecule has 0 spiro atoms. The molecule has 220 valence electrons. The van der Waals surface area contributed by atoms with Gasteiger partial charge in [-0.05, 0) is 83.9 Å². The summed E-state index contributed by atoms with van der Waals surface area (Å²) in [6, 6.07) is 35.6. The lowest BCUT2D eigenvalue weighted by atomic mass is 10.2. The van der Waals surface area contributed by atoms with Crippen LogP contribution in [0.25, 0.3) is 21.8 Å². The molecule has 3 N–H and O–H groups in total. The van der Waals surface area contributed by atoms with Crippen LogP contribution in [0, 0.1) is 0 Å². The van der Waals surface area contributed by atoms with Crippen molar-refractivity contribution in [2.75, 3.05) is 19.5 Å². The van der Waals surface area contributed by atoms with Crippen LogP contribution in [0.4, 0.5) is 5.82 Å². The Balaban J connectivity index is 0.000000163. The summed E-state index contributed by atoms with van der Waals surface area (Å²) in [7, 11) is 3.32. The number of pyridine rings is 2. The van der Waals surface area contributed by atoms with Crippen molar-refractivity contribution < 1.29 is 9.47 Å². The van der Waals surface area contributed by atoms with Gasteiger partial charge in [0.1, 0.15) is 22.5 Å². The van der Waals surface area contributed by atoms with E-state index in [1.165, 1.54) is 5.56 Å². The van der Waals surface area contributed by atoms with Gasteiger partial charge in [0.2, 0.25) is 0 Å². The molecule has 0 unspecified atom stereocenters. The molecule has 6 aromatic rings. The molecule has 4 aromatic carbocycles. The molecule has 0 atom stereocenters. The SMILES string of the molecule is COc1ccc(CN)cc1.COc1ccc(CNc2ccc3ccc(Br)cc3n2)cc1.Clc1ccc2ccc(Br)cc2n1. The van der Waals surface area contributed by atoms with Crippen LogP contribution in [0.3, 0.4) is 0 Å². The summed E-state index contributed by atoms with van der Waals surface area (Å²) in [5, 5.41) is 6.10. The number of ether oxygens (including phenoxy) is 2. The summed E-state index contributed by atoms with van der Waals surface area (Å²) in [4.78, 5) is 8.79. The standard InChI is InChI=1S/C17H15BrN2O.C9H5BrClN.C8H11NO/c1-21-15-7-2-12(3-8-15)11-19-17-9-5-13-4-6-14(18)10-16(13)20-17;10-7-3-1-6-2-4-9(11)12-8(6)5-7;1-10-8-4-2-7(6-9)3-5-8/h2-10H,11H2,1H3,(H,19,20);1-5H;2-5H,6,9H2,1H3. The van der Waals surface area contributed by atoms with E-state index in [0.29, 0.717) is 11.7 Å². The van der Waals surface area contributed by atoms with E-state index < -0.39 is 0 Å². The maximum atomic E-state index is 5.74. The quantitative estimate of drug-likeness (QED) is 0.167. The Hall–Kier alpha value is -3.69. The van der Waals surface area contributed by atoms with E-state index in [0.717, 1.165) is 60.2 Å². The molecule has 0 aliphatic carbocycles. The third-order valence-corrected chi connectivity index (χ3v) is 7.50. The zero-order valence-corrected chi connectivity index (χ0v) is 27.7. The lowest BCUT2D eigenvalue weighted by Gasteiger charge is -2.08. The molecule has 0 saturated heterocycles. The smallest absolute Gasteiger partial charge is 0.129 e. The monoisotopic (exact) mass is 720 g/mol. The number of nitrogens with one attached hydrogen (secondary N) is 1. The fraction of sp³-hybridized carbons (Fsp3) is 0.118.